The van der Waals surface area contributed by atoms with Gasteiger partial charge in [-0.2, -0.15) is 9.97 Å². The molecule has 0 aromatic rings. The molecule has 0 radical (unpaired) electrons. The Morgan fingerprint density at radius 3 is 2.86 bits per heavy atom. The molecule has 0 aromatic heterocycles. The lowest BCUT2D eigenvalue weighted by Gasteiger charge is -2.10. The van der Waals surface area contributed by atoms with Gasteiger partial charge < -0.3 is 10.3 Å². The second kappa shape index (κ2) is 2.80. The zero-order valence-electron chi connectivity index (χ0n) is 7.98. The van der Waals surface area contributed by atoms with Crippen LogP contribution in [0.1, 0.15) is 5.56 Å². The van der Waals surface area contributed by atoms with Crippen LogP contribution in [0.25, 0.3) is 11.4 Å². The highest BCUT2D eigenvalue weighted by Crippen LogP contribution is 2.15. The Kier molecular flexibility index (Phi) is 1.73. The summed E-state index contributed by atoms with van der Waals surface area (Å²) < 4.78 is 1.77. The molecule has 14 heavy (non-hydrogen) atoms. The summed E-state index contributed by atoms with van der Waals surface area (Å²) >= 11 is 0. The highest BCUT2D eigenvalue weighted by atomic mass is 16.1. The van der Waals surface area contributed by atoms with Gasteiger partial charge in [0.05, 0.1) is 5.56 Å². The van der Waals surface area contributed by atoms with E-state index in [1.807, 2.05) is 20.2 Å². The van der Waals surface area contributed by atoms with Crippen molar-refractivity contribution in [1.29, 1.82) is 0 Å². The van der Waals surface area contributed by atoms with Crippen LogP contribution in [-0.4, -0.2) is 14.5 Å². The molecule has 0 aliphatic carbocycles. The van der Waals surface area contributed by atoms with E-state index in [0.29, 0.717) is 11.4 Å². The third-order valence-electron chi connectivity index (χ3n) is 2.01. The molecule has 2 aliphatic heterocycles. The first-order valence-electron chi connectivity index (χ1n) is 4.18. The van der Waals surface area contributed by atoms with E-state index in [1.54, 1.807) is 10.6 Å². The van der Waals surface area contributed by atoms with Crippen molar-refractivity contribution in [3.63, 3.8) is 0 Å². The first-order valence-corrected chi connectivity index (χ1v) is 4.18. The molecule has 2 aliphatic rings. The second-order valence-corrected chi connectivity index (χ2v) is 3.25. The van der Waals surface area contributed by atoms with E-state index < -0.39 is 0 Å². The second-order valence-electron chi connectivity index (χ2n) is 3.25. The summed E-state index contributed by atoms with van der Waals surface area (Å²) in [5.41, 5.74) is 6.56. The number of anilines is 1. The molecule has 5 heteroatoms. The van der Waals surface area contributed by atoms with Crippen molar-refractivity contribution in [2.75, 3.05) is 5.73 Å². The minimum absolute atomic E-state index is 0.0157. The Morgan fingerprint density at radius 1 is 1.43 bits per heavy atom. The van der Waals surface area contributed by atoms with Crippen LogP contribution >= 0.6 is 0 Å². The van der Waals surface area contributed by atoms with Crippen molar-refractivity contribution in [1.82, 2.24) is 14.5 Å². The van der Waals surface area contributed by atoms with Gasteiger partial charge in [0.25, 0.3) is 5.56 Å². The fourth-order valence-corrected chi connectivity index (χ4v) is 1.48. The van der Waals surface area contributed by atoms with Crippen LogP contribution in [0.3, 0.4) is 0 Å². The third-order valence-corrected chi connectivity index (χ3v) is 2.01. The monoisotopic (exact) mass is 190 g/mol. The van der Waals surface area contributed by atoms with E-state index in [2.05, 4.69) is 9.97 Å². The number of fused-ring (bicyclic) bond motifs is 1. The lowest BCUT2D eigenvalue weighted by Crippen LogP contribution is -2.18. The van der Waals surface area contributed by atoms with E-state index in [1.165, 1.54) is 0 Å². The van der Waals surface area contributed by atoms with Gasteiger partial charge in [0.15, 0.2) is 0 Å². The fourth-order valence-electron chi connectivity index (χ4n) is 1.48. The van der Waals surface area contributed by atoms with E-state index in [4.69, 9.17) is 5.73 Å². The number of rotatable bonds is 0. The van der Waals surface area contributed by atoms with Crippen molar-refractivity contribution in [3.8, 4) is 11.4 Å². The average molecular weight is 190 g/mol. The van der Waals surface area contributed by atoms with Gasteiger partial charge in [0.1, 0.15) is 5.82 Å². The highest BCUT2D eigenvalue weighted by molar-refractivity contribution is 5.57. The van der Waals surface area contributed by atoms with Gasteiger partial charge in [-0.3, -0.25) is 4.79 Å². The zero-order valence-corrected chi connectivity index (χ0v) is 7.98. The van der Waals surface area contributed by atoms with Crippen molar-refractivity contribution >= 4 is 5.95 Å². The molecule has 0 amide bonds. The first-order chi connectivity index (χ1) is 6.58. The molecule has 0 saturated carbocycles. The molecule has 72 valence electrons. The van der Waals surface area contributed by atoms with Crippen LogP contribution in [-0.2, 0) is 7.05 Å². The molecule has 2 rings (SSSR count). The van der Waals surface area contributed by atoms with Crippen molar-refractivity contribution in [2.45, 2.75) is 6.92 Å². The maximum absolute atomic E-state index is 11.5. The minimum Gasteiger partial charge on any atom is -0.368 e. The predicted octanol–water partition coefficient (Wildman–Crippen LogP) is 0.171. The van der Waals surface area contributed by atoms with E-state index >= 15 is 0 Å². The van der Waals surface area contributed by atoms with Crippen LogP contribution in [0.5, 0.6) is 0 Å². The number of nitrogens with two attached hydrogens (primary N) is 1. The molecule has 2 N–H and O–H groups in total. The normalized spacial score (nSPS) is 10.7. The molecule has 0 aromatic carbocycles. The molecule has 0 spiro atoms. The smallest absolute Gasteiger partial charge is 0.284 e. The van der Waals surface area contributed by atoms with Gasteiger partial charge in [-0.15, -0.1) is 0 Å². The standard InChI is InChI=1S/C9H10N4O/c1-5-3-6-7(13(2)4-5)11-9(10)12-8(6)14/h3-4H,1-2H3,(H2,10,12,14). The fraction of sp³-hybridized carbons (Fsp3) is 0.222. The average Bonchev–Trinajstić information content (AvgIpc) is 2.07. The minimum atomic E-state index is -0.327. The molecular formula is C9H10N4O. The van der Waals surface area contributed by atoms with Crippen molar-refractivity contribution < 1.29 is 0 Å². The number of aromatic nitrogens is 3. The van der Waals surface area contributed by atoms with E-state index in [9.17, 15) is 4.79 Å². The van der Waals surface area contributed by atoms with E-state index in [0.717, 1.165) is 5.56 Å². The summed E-state index contributed by atoms with van der Waals surface area (Å²) in [5.74, 6) is 0.579. The summed E-state index contributed by atoms with van der Waals surface area (Å²) in [6.45, 7) is 1.91. The quantitative estimate of drug-likeness (QED) is 0.642. The molecule has 5 nitrogen and oxygen atoms in total. The maximum Gasteiger partial charge on any atom is 0.284 e. The third kappa shape index (κ3) is 1.22. The molecule has 0 unspecified atom stereocenters. The highest BCUT2D eigenvalue weighted by Gasteiger charge is 2.12. The molecule has 0 saturated heterocycles. The zero-order chi connectivity index (χ0) is 10.3. The van der Waals surface area contributed by atoms with Crippen LogP contribution in [0.4, 0.5) is 5.95 Å². The van der Waals surface area contributed by atoms with Crippen LogP contribution < -0.4 is 11.3 Å². The molecule has 0 bridgehead atoms. The Bertz CT molecular complexity index is 517. The summed E-state index contributed by atoms with van der Waals surface area (Å²) in [6, 6.07) is 1.76. The van der Waals surface area contributed by atoms with Gasteiger partial charge >= 0.3 is 0 Å². The van der Waals surface area contributed by atoms with Gasteiger partial charge in [-0.05, 0) is 18.6 Å². The van der Waals surface area contributed by atoms with Gasteiger partial charge in [-0.1, -0.05) is 0 Å². The first kappa shape index (κ1) is 8.68. The largest absolute Gasteiger partial charge is 0.368 e. The van der Waals surface area contributed by atoms with Crippen LogP contribution in [0.15, 0.2) is 17.1 Å². The van der Waals surface area contributed by atoms with Crippen molar-refractivity contribution in [2.24, 2.45) is 7.05 Å². The predicted molar refractivity (Wildman–Crippen MR) is 53.0 cm³/mol. The lowest BCUT2D eigenvalue weighted by atomic mass is 10.2. The van der Waals surface area contributed by atoms with Gasteiger partial charge in [-0.25, -0.2) is 0 Å². The number of aryl methyl sites for hydroxylation is 2. The summed E-state index contributed by atoms with van der Waals surface area (Å²) in [6.07, 6.45) is 1.88. The van der Waals surface area contributed by atoms with Gasteiger partial charge in [0.2, 0.25) is 5.95 Å². The number of hydrogen-bond donors (Lipinski definition) is 1. The van der Waals surface area contributed by atoms with Crippen molar-refractivity contribution in [3.05, 3.63) is 28.2 Å². The summed E-state index contributed by atoms with van der Waals surface area (Å²) in [4.78, 5) is 19.0. The molecule has 2 heterocycles. The van der Waals surface area contributed by atoms with Crippen LogP contribution in [0, 0.1) is 6.92 Å². The maximum atomic E-state index is 11.5. The van der Waals surface area contributed by atoms with Crippen LogP contribution in [0.2, 0.25) is 0 Å². The molecular weight excluding hydrogens is 180 g/mol. The topological polar surface area (TPSA) is 73.8 Å². The lowest BCUT2D eigenvalue weighted by molar-refractivity contribution is 0.862. The Balaban J connectivity index is 2.93. The number of nitrogens with zero attached hydrogens (tertiary/aromatic N) is 3. The Labute approximate surface area is 80.6 Å². The molecule has 0 fully saturated rings. The summed E-state index contributed by atoms with van der Waals surface area (Å²) in [7, 11) is 1.82. The SMILES string of the molecule is Cc1cc2c(=O)nc(N)nc-2n(C)c1. The molecule has 0 atom stereocenters. The van der Waals surface area contributed by atoms with Gasteiger partial charge in [0, 0.05) is 13.2 Å². The summed E-state index contributed by atoms with van der Waals surface area (Å²) in [5, 5.41) is 0. The number of pyridine rings is 1. The Hall–Kier alpha value is -1.91. The van der Waals surface area contributed by atoms with E-state index in [-0.39, 0.29) is 11.5 Å². The Morgan fingerprint density at radius 2 is 2.14 bits per heavy atom. The number of hydrogen-bond acceptors (Lipinski definition) is 4. The number of nitrogen functional groups attached to an aromatic ring is 1.